The van der Waals surface area contributed by atoms with Gasteiger partial charge in [-0.2, -0.15) is 22.5 Å². The number of benzene rings is 2. The van der Waals surface area contributed by atoms with Gasteiger partial charge in [0.1, 0.15) is 17.1 Å². The Kier molecular flexibility index (Phi) is 8.21. The molecule has 1 amide bonds. The zero-order chi connectivity index (χ0) is 29.2. The molecule has 0 spiro atoms. The lowest BCUT2D eigenvalue weighted by Crippen LogP contribution is -2.44. The molecule has 2 aromatic carbocycles. The average molecular weight is 579 g/mol. The normalized spacial score (nSPS) is 17.2. The van der Waals surface area contributed by atoms with E-state index < -0.39 is 39.7 Å². The summed E-state index contributed by atoms with van der Waals surface area (Å²) in [5, 5.41) is 8.23. The van der Waals surface area contributed by atoms with E-state index in [1.54, 1.807) is 12.1 Å². The standard InChI is InChI=1S/C26H29F3N6O4S/c1-30-24(36)16-10-11-19(21(13-16)39-3)33-25-31-14-18(26(27,28)29)23(34-25)32-20-12-9-15-7-5-6-8-17(15)22(20)35(2)40(4,37)38/h5-8,10-11,13-14,20,22H,9,12H2,1-4H3,(H,30,36)(H2,31,32,33,34)/t20-,22-/m1/s1. The maximum Gasteiger partial charge on any atom is 0.421 e. The fraction of sp³-hybridized carbons (Fsp3) is 0.346. The first-order valence-electron chi connectivity index (χ1n) is 12.2. The Morgan fingerprint density at radius 2 is 1.90 bits per heavy atom. The van der Waals surface area contributed by atoms with Gasteiger partial charge in [-0.1, -0.05) is 24.3 Å². The SMILES string of the molecule is CNC(=O)c1ccc(Nc2ncc(C(F)(F)F)c(N[C@@H]3CCc4ccccc4[C@H]3N(C)S(C)(=O)=O)n2)c(OC)c1. The Hall–Kier alpha value is -3.91. The molecule has 0 fully saturated rings. The van der Waals surface area contributed by atoms with Crippen LogP contribution in [0.5, 0.6) is 5.75 Å². The molecule has 0 saturated carbocycles. The van der Waals surface area contributed by atoms with Crippen molar-refractivity contribution < 1.29 is 31.1 Å². The van der Waals surface area contributed by atoms with Crippen LogP contribution in [-0.4, -0.2) is 62.1 Å². The van der Waals surface area contributed by atoms with Crippen molar-refractivity contribution in [2.24, 2.45) is 0 Å². The lowest BCUT2D eigenvalue weighted by Gasteiger charge is -2.39. The molecule has 3 N–H and O–H groups in total. The predicted molar refractivity (Wildman–Crippen MR) is 144 cm³/mol. The molecule has 0 bridgehead atoms. The number of alkyl halides is 3. The summed E-state index contributed by atoms with van der Waals surface area (Å²) in [7, 11) is 0.576. The van der Waals surface area contributed by atoms with E-state index in [1.165, 1.54) is 39.4 Å². The Labute approximate surface area is 230 Å². The quantitative estimate of drug-likeness (QED) is 0.367. The van der Waals surface area contributed by atoms with E-state index in [2.05, 4.69) is 25.9 Å². The third-order valence-corrected chi connectivity index (χ3v) is 8.02. The Balaban J connectivity index is 1.73. The molecular formula is C26H29F3N6O4S. The van der Waals surface area contributed by atoms with Crippen molar-refractivity contribution in [2.45, 2.75) is 31.1 Å². The minimum absolute atomic E-state index is 0.161. The number of sulfonamides is 1. The number of hydrogen-bond acceptors (Lipinski definition) is 8. The van der Waals surface area contributed by atoms with Gasteiger partial charge in [0.15, 0.2) is 0 Å². The summed E-state index contributed by atoms with van der Waals surface area (Å²) in [4.78, 5) is 19.9. The number of aryl methyl sites for hydroxylation is 1. The fourth-order valence-electron chi connectivity index (χ4n) is 4.68. The van der Waals surface area contributed by atoms with Gasteiger partial charge in [0.05, 0.1) is 25.1 Å². The van der Waals surface area contributed by atoms with Crippen LogP contribution in [0.1, 0.15) is 39.5 Å². The number of nitrogens with zero attached hydrogens (tertiary/aromatic N) is 3. The molecule has 1 aliphatic carbocycles. The lowest BCUT2D eigenvalue weighted by atomic mass is 9.84. The van der Waals surface area contributed by atoms with Crippen LogP contribution in [0.15, 0.2) is 48.7 Å². The molecule has 0 aliphatic heterocycles. The Morgan fingerprint density at radius 1 is 1.18 bits per heavy atom. The third-order valence-electron chi connectivity index (χ3n) is 6.75. The van der Waals surface area contributed by atoms with Crippen LogP contribution in [0.25, 0.3) is 0 Å². The van der Waals surface area contributed by atoms with Gasteiger partial charge in [0.25, 0.3) is 5.91 Å². The maximum atomic E-state index is 14.0. The first-order valence-corrected chi connectivity index (χ1v) is 14.1. The Bertz CT molecular complexity index is 1520. The Morgan fingerprint density at radius 3 is 2.55 bits per heavy atom. The van der Waals surface area contributed by atoms with Crippen molar-refractivity contribution >= 4 is 33.4 Å². The van der Waals surface area contributed by atoms with Crippen molar-refractivity contribution in [3.8, 4) is 5.75 Å². The summed E-state index contributed by atoms with van der Waals surface area (Å²) in [5.74, 6) is -0.754. The second-order valence-electron chi connectivity index (χ2n) is 9.29. The minimum Gasteiger partial charge on any atom is -0.495 e. The van der Waals surface area contributed by atoms with E-state index in [0.29, 0.717) is 35.9 Å². The highest BCUT2D eigenvalue weighted by molar-refractivity contribution is 7.88. The molecular weight excluding hydrogens is 549 g/mol. The zero-order valence-corrected chi connectivity index (χ0v) is 23.0. The molecule has 2 atom stereocenters. The molecule has 0 saturated heterocycles. The van der Waals surface area contributed by atoms with Crippen LogP contribution in [0.2, 0.25) is 0 Å². The molecule has 14 heteroatoms. The summed E-state index contributed by atoms with van der Waals surface area (Å²) in [6, 6.07) is 10.3. The van der Waals surface area contributed by atoms with E-state index in [1.807, 2.05) is 12.1 Å². The van der Waals surface area contributed by atoms with Crippen LogP contribution < -0.4 is 20.7 Å². The number of anilines is 3. The van der Waals surface area contributed by atoms with Crippen LogP contribution in [0.4, 0.5) is 30.6 Å². The molecule has 0 unspecified atom stereocenters. The summed E-state index contributed by atoms with van der Waals surface area (Å²) >= 11 is 0. The molecule has 214 valence electrons. The number of fused-ring (bicyclic) bond motifs is 1. The number of nitrogens with one attached hydrogen (secondary N) is 3. The van der Waals surface area contributed by atoms with Gasteiger partial charge in [-0.25, -0.2) is 13.4 Å². The van der Waals surface area contributed by atoms with E-state index in [9.17, 15) is 26.4 Å². The van der Waals surface area contributed by atoms with E-state index in [-0.39, 0.29) is 17.6 Å². The summed E-state index contributed by atoms with van der Waals surface area (Å²) < 4.78 is 73.6. The third kappa shape index (κ3) is 6.12. The van der Waals surface area contributed by atoms with Gasteiger partial charge in [0.2, 0.25) is 16.0 Å². The molecule has 40 heavy (non-hydrogen) atoms. The predicted octanol–water partition coefficient (Wildman–Crippen LogP) is 3.97. The van der Waals surface area contributed by atoms with Gasteiger partial charge >= 0.3 is 6.18 Å². The average Bonchev–Trinajstić information content (AvgIpc) is 2.91. The smallest absolute Gasteiger partial charge is 0.421 e. The number of carbonyl (C=O) groups is 1. The maximum absolute atomic E-state index is 14.0. The van der Waals surface area contributed by atoms with Gasteiger partial charge in [-0.15, -0.1) is 0 Å². The first-order chi connectivity index (χ1) is 18.8. The van der Waals surface area contributed by atoms with Crippen molar-refractivity contribution in [1.82, 2.24) is 19.6 Å². The first kappa shape index (κ1) is 29.1. The largest absolute Gasteiger partial charge is 0.495 e. The topological polar surface area (TPSA) is 126 Å². The van der Waals surface area contributed by atoms with Crippen molar-refractivity contribution in [3.63, 3.8) is 0 Å². The number of likely N-dealkylation sites (N-methyl/N-ethyl adjacent to an activating group) is 1. The summed E-state index contributed by atoms with van der Waals surface area (Å²) in [6.45, 7) is 0. The highest BCUT2D eigenvalue weighted by Gasteiger charge is 2.40. The number of methoxy groups -OCH3 is 1. The summed E-state index contributed by atoms with van der Waals surface area (Å²) in [5.41, 5.74) is 1.18. The van der Waals surface area contributed by atoms with Gasteiger partial charge in [-0.05, 0) is 42.2 Å². The van der Waals surface area contributed by atoms with Crippen molar-refractivity contribution in [3.05, 3.63) is 70.9 Å². The number of amides is 1. The van der Waals surface area contributed by atoms with E-state index in [0.717, 1.165) is 16.1 Å². The fourth-order valence-corrected chi connectivity index (χ4v) is 5.35. The highest BCUT2D eigenvalue weighted by Crippen LogP contribution is 2.40. The summed E-state index contributed by atoms with van der Waals surface area (Å²) in [6.07, 6.45) is -2.17. The van der Waals surface area contributed by atoms with Gasteiger partial charge < -0.3 is 20.7 Å². The van der Waals surface area contributed by atoms with Crippen molar-refractivity contribution in [1.29, 1.82) is 0 Å². The van der Waals surface area contributed by atoms with Crippen molar-refractivity contribution in [2.75, 3.05) is 38.1 Å². The minimum atomic E-state index is -4.78. The molecule has 4 rings (SSSR count). The molecule has 0 radical (unpaired) electrons. The van der Waals surface area contributed by atoms with Crippen LogP contribution >= 0.6 is 0 Å². The molecule has 3 aromatic rings. The number of aromatic nitrogens is 2. The highest BCUT2D eigenvalue weighted by atomic mass is 32.2. The number of rotatable bonds is 8. The number of ether oxygens (including phenoxy) is 1. The van der Waals surface area contributed by atoms with Crippen LogP contribution in [-0.2, 0) is 22.6 Å². The molecule has 1 aromatic heterocycles. The second-order valence-corrected chi connectivity index (χ2v) is 11.3. The second kappa shape index (κ2) is 11.3. The molecule has 1 aliphatic rings. The van der Waals surface area contributed by atoms with E-state index >= 15 is 0 Å². The van der Waals surface area contributed by atoms with Crippen LogP contribution in [0, 0.1) is 0 Å². The lowest BCUT2D eigenvalue weighted by molar-refractivity contribution is -0.137. The van der Waals surface area contributed by atoms with E-state index in [4.69, 9.17) is 4.74 Å². The van der Waals surface area contributed by atoms with Gasteiger partial charge in [-0.3, -0.25) is 4.79 Å². The number of hydrogen-bond donors (Lipinski definition) is 3. The number of carbonyl (C=O) groups excluding carboxylic acids is 1. The number of halogens is 3. The monoisotopic (exact) mass is 578 g/mol. The zero-order valence-electron chi connectivity index (χ0n) is 22.2. The molecule has 1 heterocycles. The van der Waals surface area contributed by atoms with Crippen LogP contribution in [0.3, 0.4) is 0 Å². The molecule has 10 nitrogen and oxygen atoms in total. The van der Waals surface area contributed by atoms with Gasteiger partial charge in [0, 0.05) is 31.9 Å².